The molecule has 0 spiro atoms. The summed E-state index contributed by atoms with van der Waals surface area (Å²) in [7, 11) is 2.22. The van der Waals surface area contributed by atoms with Crippen molar-refractivity contribution in [3.63, 3.8) is 0 Å². The van der Waals surface area contributed by atoms with Crippen LogP contribution in [0.1, 0.15) is 24.8 Å². The second-order valence-corrected chi connectivity index (χ2v) is 6.07. The molecule has 2 atom stereocenters. The highest BCUT2D eigenvalue weighted by molar-refractivity contribution is 5.55. The van der Waals surface area contributed by atoms with Gasteiger partial charge in [-0.1, -0.05) is 12.1 Å². The Hall–Kier alpha value is -1.13. The minimum atomic E-state index is -0.101. The average molecular weight is 277 g/mol. The van der Waals surface area contributed by atoms with Gasteiger partial charge < -0.3 is 10.6 Å². The van der Waals surface area contributed by atoms with Crippen LogP contribution in [-0.4, -0.2) is 43.7 Å². The highest BCUT2D eigenvalue weighted by atomic mass is 19.1. The molecule has 20 heavy (non-hydrogen) atoms. The molecular formula is C16H24FN3. The van der Waals surface area contributed by atoms with Gasteiger partial charge in [-0.15, -0.1) is 0 Å². The van der Waals surface area contributed by atoms with E-state index in [1.54, 1.807) is 12.1 Å². The summed E-state index contributed by atoms with van der Waals surface area (Å²) in [5.41, 5.74) is 7.51. The van der Waals surface area contributed by atoms with Crippen molar-refractivity contribution in [3.05, 3.63) is 29.6 Å². The number of rotatable bonds is 3. The standard InChI is InChI=1S/C16H24FN3/c1-19-13-5-6-14(19)11-20(10-8-13)16-12(7-9-18)3-2-4-15(16)17/h2-4,13-14H,5-11,18H2,1H3. The molecule has 2 unspecified atom stereocenters. The lowest BCUT2D eigenvalue weighted by atomic mass is 10.0. The molecule has 2 N–H and O–H groups in total. The van der Waals surface area contributed by atoms with Crippen molar-refractivity contribution in [2.75, 3.05) is 31.6 Å². The minimum Gasteiger partial charge on any atom is -0.367 e. The normalized spacial score (nSPS) is 26.9. The van der Waals surface area contributed by atoms with Crippen LogP contribution in [0.5, 0.6) is 0 Å². The number of nitrogens with two attached hydrogens (primary N) is 1. The molecule has 1 aromatic carbocycles. The average Bonchev–Trinajstić information content (AvgIpc) is 2.66. The number of fused-ring (bicyclic) bond motifs is 2. The Balaban J connectivity index is 1.89. The zero-order valence-corrected chi connectivity index (χ0v) is 12.2. The van der Waals surface area contributed by atoms with Crippen molar-refractivity contribution in [1.29, 1.82) is 0 Å². The van der Waals surface area contributed by atoms with Crippen LogP contribution in [0.2, 0.25) is 0 Å². The highest BCUT2D eigenvalue weighted by Crippen LogP contribution is 2.33. The molecular weight excluding hydrogens is 253 g/mol. The zero-order valence-electron chi connectivity index (χ0n) is 12.2. The van der Waals surface area contributed by atoms with Gasteiger partial charge >= 0.3 is 0 Å². The van der Waals surface area contributed by atoms with Gasteiger partial charge in [-0.05, 0) is 50.9 Å². The predicted molar refractivity (Wildman–Crippen MR) is 80.6 cm³/mol. The Kier molecular flexibility index (Phi) is 3.94. The number of hydrogen-bond acceptors (Lipinski definition) is 3. The maximum atomic E-state index is 14.3. The lowest BCUT2D eigenvalue weighted by Gasteiger charge is -2.29. The van der Waals surface area contributed by atoms with Gasteiger partial charge in [0.15, 0.2) is 0 Å². The Morgan fingerprint density at radius 2 is 2.05 bits per heavy atom. The molecule has 4 heteroatoms. The molecule has 3 rings (SSSR count). The quantitative estimate of drug-likeness (QED) is 0.917. The lowest BCUT2D eigenvalue weighted by Crippen LogP contribution is -2.37. The number of benzene rings is 1. The molecule has 2 aliphatic heterocycles. The largest absolute Gasteiger partial charge is 0.367 e. The Bertz CT molecular complexity index is 477. The number of hydrogen-bond donors (Lipinski definition) is 1. The first-order valence-electron chi connectivity index (χ1n) is 7.65. The van der Waals surface area contributed by atoms with Gasteiger partial charge in [-0.25, -0.2) is 4.39 Å². The molecule has 2 heterocycles. The van der Waals surface area contributed by atoms with Gasteiger partial charge in [0, 0.05) is 25.2 Å². The first-order chi connectivity index (χ1) is 9.70. The molecule has 0 aromatic heterocycles. The van der Waals surface area contributed by atoms with E-state index in [1.807, 2.05) is 6.07 Å². The fourth-order valence-corrected chi connectivity index (χ4v) is 3.78. The summed E-state index contributed by atoms with van der Waals surface area (Å²) in [6, 6.07) is 6.61. The third kappa shape index (κ3) is 2.42. The Labute approximate surface area is 120 Å². The SMILES string of the molecule is CN1C2CCC1CN(c1c(F)cccc1CCN)CC2. The molecule has 0 aliphatic carbocycles. The molecule has 3 nitrogen and oxygen atoms in total. The maximum Gasteiger partial charge on any atom is 0.146 e. The van der Waals surface area contributed by atoms with Gasteiger partial charge in [0.2, 0.25) is 0 Å². The number of likely N-dealkylation sites (N-methyl/N-ethyl adjacent to an activating group) is 1. The van der Waals surface area contributed by atoms with E-state index in [0.29, 0.717) is 18.6 Å². The number of halogens is 1. The van der Waals surface area contributed by atoms with E-state index in [4.69, 9.17) is 5.73 Å². The van der Waals surface area contributed by atoms with Crippen molar-refractivity contribution < 1.29 is 4.39 Å². The smallest absolute Gasteiger partial charge is 0.146 e. The monoisotopic (exact) mass is 277 g/mol. The Morgan fingerprint density at radius 1 is 1.25 bits per heavy atom. The third-order valence-corrected chi connectivity index (χ3v) is 4.95. The van der Waals surface area contributed by atoms with Gasteiger partial charge in [0.1, 0.15) is 5.82 Å². The highest BCUT2D eigenvalue weighted by Gasteiger charge is 2.35. The van der Waals surface area contributed by atoms with E-state index >= 15 is 0 Å². The van der Waals surface area contributed by atoms with Gasteiger partial charge in [-0.3, -0.25) is 4.90 Å². The van der Waals surface area contributed by atoms with Crippen LogP contribution < -0.4 is 10.6 Å². The number of anilines is 1. The minimum absolute atomic E-state index is 0.101. The van der Waals surface area contributed by atoms with E-state index in [9.17, 15) is 4.39 Å². The topological polar surface area (TPSA) is 32.5 Å². The van der Waals surface area contributed by atoms with Gasteiger partial charge in [-0.2, -0.15) is 0 Å². The van der Waals surface area contributed by atoms with E-state index in [0.717, 1.165) is 37.2 Å². The van der Waals surface area contributed by atoms with E-state index < -0.39 is 0 Å². The molecule has 2 saturated heterocycles. The second-order valence-electron chi connectivity index (χ2n) is 6.07. The van der Waals surface area contributed by atoms with Crippen LogP contribution in [-0.2, 0) is 6.42 Å². The molecule has 2 aliphatic rings. The summed E-state index contributed by atoms with van der Waals surface area (Å²) < 4.78 is 14.3. The van der Waals surface area contributed by atoms with Crippen molar-refractivity contribution in [1.82, 2.24) is 4.90 Å². The molecule has 0 amide bonds. The molecule has 0 saturated carbocycles. The number of nitrogens with zero attached hydrogens (tertiary/aromatic N) is 2. The molecule has 0 radical (unpaired) electrons. The predicted octanol–water partition coefficient (Wildman–Crippen LogP) is 2.00. The molecule has 2 fully saturated rings. The zero-order chi connectivity index (χ0) is 14.1. The lowest BCUT2D eigenvalue weighted by molar-refractivity contribution is 0.254. The summed E-state index contributed by atoms with van der Waals surface area (Å²) in [6.45, 7) is 2.45. The van der Waals surface area contributed by atoms with Crippen LogP contribution in [0.15, 0.2) is 18.2 Å². The first-order valence-corrected chi connectivity index (χ1v) is 7.65. The van der Waals surface area contributed by atoms with Crippen LogP contribution in [0.25, 0.3) is 0 Å². The molecule has 2 bridgehead atoms. The summed E-state index contributed by atoms with van der Waals surface area (Å²) >= 11 is 0. The van der Waals surface area contributed by atoms with Crippen molar-refractivity contribution in [2.45, 2.75) is 37.8 Å². The van der Waals surface area contributed by atoms with E-state index in [-0.39, 0.29) is 5.82 Å². The van der Waals surface area contributed by atoms with Gasteiger partial charge in [0.25, 0.3) is 0 Å². The van der Waals surface area contributed by atoms with E-state index in [2.05, 4.69) is 16.8 Å². The first kappa shape index (κ1) is 13.8. The maximum absolute atomic E-state index is 14.3. The summed E-state index contributed by atoms with van der Waals surface area (Å²) in [6.07, 6.45) is 4.40. The van der Waals surface area contributed by atoms with Crippen LogP contribution in [0.3, 0.4) is 0 Å². The van der Waals surface area contributed by atoms with Crippen molar-refractivity contribution in [2.24, 2.45) is 5.73 Å². The Morgan fingerprint density at radius 3 is 2.85 bits per heavy atom. The van der Waals surface area contributed by atoms with Crippen LogP contribution in [0.4, 0.5) is 10.1 Å². The molecule has 1 aromatic rings. The van der Waals surface area contributed by atoms with Crippen LogP contribution in [0, 0.1) is 5.82 Å². The van der Waals surface area contributed by atoms with Gasteiger partial charge in [0.05, 0.1) is 5.69 Å². The van der Waals surface area contributed by atoms with Crippen LogP contribution >= 0.6 is 0 Å². The number of para-hydroxylation sites is 1. The summed E-state index contributed by atoms with van der Waals surface area (Å²) in [4.78, 5) is 4.74. The summed E-state index contributed by atoms with van der Waals surface area (Å²) in [5, 5.41) is 0. The van der Waals surface area contributed by atoms with Crippen molar-refractivity contribution in [3.8, 4) is 0 Å². The summed E-state index contributed by atoms with van der Waals surface area (Å²) in [5.74, 6) is -0.101. The fraction of sp³-hybridized carbons (Fsp3) is 0.625. The molecule has 110 valence electrons. The third-order valence-electron chi connectivity index (χ3n) is 4.95. The van der Waals surface area contributed by atoms with E-state index in [1.165, 1.54) is 12.8 Å². The van der Waals surface area contributed by atoms with Crippen molar-refractivity contribution >= 4 is 5.69 Å². The fourth-order valence-electron chi connectivity index (χ4n) is 3.78. The second kappa shape index (κ2) is 5.70.